The number of hydrogen-bond donors (Lipinski definition) is 1. The van der Waals surface area contributed by atoms with Crippen LogP contribution in [0.3, 0.4) is 0 Å². The minimum absolute atomic E-state index is 0.0440. The zero-order valence-corrected chi connectivity index (χ0v) is 9.54. The molecule has 6 heteroatoms. The van der Waals surface area contributed by atoms with Gasteiger partial charge in [0.05, 0.1) is 24.8 Å². The standard InChI is InChI=1S/C10H17N3O3/c1-3-16-10(15)9-7-4-5-8(14)6(2)13(7)12-11-9/h6-9,14H,3-5H2,1-2H3/t6-,7?,8-,9?/m0/s1. The lowest BCUT2D eigenvalue weighted by atomic mass is 9.92. The lowest BCUT2D eigenvalue weighted by Gasteiger charge is -2.37. The van der Waals surface area contributed by atoms with Crippen LogP contribution in [0, 0.1) is 0 Å². The number of esters is 1. The van der Waals surface area contributed by atoms with Crippen molar-refractivity contribution in [3.05, 3.63) is 0 Å². The third-order valence-electron chi connectivity index (χ3n) is 3.24. The second kappa shape index (κ2) is 4.37. The predicted molar refractivity (Wildman–Crippen MR) is 55.6 cm³/mol. The predicted octanol–water partition coefficient (Wildman–Crippen LogP) is 0.513. The molecule has 0 spiro atoms. The van der Waals surface area contributed by atoms with Crippen LogP contribution in [0.4, 0.5) is 0 Å². The van der Waals surface area contributed by atoms with Gasteiger partial charge in [-0.05, 0) is 26.7 Å². The molecule has 0 amide bonds. The van der Waals surface area contributed by atoms with Crippen LogP contribution in [0.5, 0.6) is 0 Å². The van der Waals surface area contributed by atoms with E-state index in [-0.39, 0.29) is 18.1 Å². The van der Waals surface area contributed by atoms with E-state index in [1.54, 1.807) is 11.9 Å². The topological polar surface area (TPSA) is 74.5 Å². The molecule has 2 unspecified atom stereocenters. The molecule has 6 nitrogen and oxygen atoms in total. The van der Waals surface area contributed by atoms with Crippen molar-refractivity contribution < 1.29 is 14.6 Å². The van der Waals surface area contributed by atoms with Crippen molar-refractivity contribution in [1.82, 2.24) is 5.01 Å². The monoisotopic (exact) mass is 227 g/mol. The fourth-order valence-electron chi connectivity index (χ4n) is 2.27. The minimum Gasteiger partial charge on any atom is -0.464 e. The first-order valence-corrected chi connectivity index (χ1v) is 5.69. The smallest absolute Gasteiger partial charge is 0.335 e. The maximum Gasteiger partial charge on any atom is 0.335 e. The number of aliphatic hydroxyl groups is 1. The molecule has 1 saturated heterocycles. The highest BCUT2D eigenvalue weighted by Crippen LogP contribution is 2.31. The Morgan fingerprint density at radius 1 is 1.56 bits per heavy atom. The third kappa shape index (κ3) is 1.77. The molecule has 0 aliphatic carbocycles. The fraction of sp³-hybridized carbons (Fsp3) is 0.900. The summed E-state index contributed by atoms with van der Waals surface area (Å²) in [7, 11) is 0. The zero-order chi connectivity index (χ0) is 11.7. The van der Waals surface area contributed by atoms with E-state index in [1.807, 2.05) is 6.92 Å². The summed E-state index contributed by atoms with van der Waals surface area (Å²) in [5.74, 6) is -0.317. The van der Waals surface area contributed by atoms with E-state index in [0.717, 1.165) is 6.42 Å². The quantitative estimate of drug-likeness (QED) is 0.697. The number of carbonyl (C=O) groups excluding carboxylic acids is 1. The van der Waals surface area contributed by atoms with Crippen LogP contribution in [0.1, 0.15) is 26.7 Å². The molecule has 16 heavy (non-hydrogen) atoms. The molecule has 0 aromatic heterocycles. The molecule has 4 atom stereocenters. The number of aliphatic hydroxyl groups excluding tert-OH is 1. The van der Waals surface area contributed by atoms with Crippen molar-refractivity contribution in [3.63, 3.8) is 0 Å². The first-order chi connectivity index (χ1) is 7.65. The molecular weight excluding hydrogens is 210 g/mol. The second-order valence-electron chi connectivity index (χ2n) is 4.23. The van der Waals surface area contributed by atoms with E-state index in [1.165, 1.54) is 0 Å². The maximum absolute atomic E-state index is 11.6. The number of hydrogen-bond acceptors (Lipinski definition) is 6. The number of rotatable bonds is 2. The molecule has 1 N–H and O–H groups in total. The first kappa shape index (κ1) is 11.3. The molecule has 0 bridgehead atoms. The average Bonchev–Trinajstić information content (AvgIpc) is 2.68. The van der Waals surface area contributed by atoms with Gasteiger partial charge in [0.25, 0.3) is 0 Å². The summed E-state index contributed by atoms with van der Waals surface area (Å²) in [5.41, 5.74) is 0. The van der Waals surface area contributed by atoms with Gasteiger partial charge >= 0.3 is 5.97 Å². The van der Waals surface area contributed by atoms with Gasteiger partial charge in [-0.25, -0.2) is 4.79 Å². The summed E-state index contributed by atoms with van der Waals surface area (Å²) in [6.07, 6.45) is 1.02. The SMILES string of the molecule is CCOC(=O)C1N=NN2C1CC[C@H](O)[C@@H]2C. The van der Waals surface area contributed by atoms with E-state index in [0.29, 0.717) is 13.0 Å². The van der Waals surface area contributed by atoms with E-state index < -0.39 is 12.1 Å². The van der Waals surface area contributed by atoms with E-state index in [2.05, 4.69) is 10.3 Å². The van der Waals surface area contributed by atoms with Gasteiger partial charge < -0.3 is 9.84 Å². The Kier molecular flexibility index (Phi) is 3.09. The molecule has 0 aromatic carbocycles. The van der Waals surface area contributed by atoms with E-state index in [4.69, 9.17) is 4.74 Å². The zero-order valence-electron chi connectivity index (χ0n) is 9.54. The Bertz CT molecular complexity index is 308. The third-order valence-corrected chi connectivity index (χ3v) is 3.24. The van der Waals surface area contributed by atoms with Crippen LogP contribution in [0.2, 0.25) is 0 Å². The number of ether oxygens (including phenoxy) is 1. The van der Waals surface area contributed by atoms with Crippen molar-refractivity contribution in [2.45, 2.75) is 50.9 Å². The molecule has 2 heterocycles. The fourth-order valence-corrected chi connectivity index (χ4v) is 2.27. The van der Waals surface area contributed by atoms with Crippen LogP contribution in [0.15, 0.2) is 10.3 Å². The molecule has 2 aliphatic heterocycles. The first-order valence-electron chi connectivity index (χ1n) is 5.69. The summed E-state index contributed by atoms with van der Waals surface area (Å²) in [6.45, 7) is 4.02. The highest BCUT2D eigenvalue weighted by atomic mass is 16.5. The van der Waals surface area contributed by atoms with Crippen molar-refractivity contribution in [1.29, 1.82) is 0 Å². The van der Waals surface area contributed by atoms with Crippen LogP contribution in [-0.4, -0.2) is 46.9 Å². The van der Waals surface area contributed by atoms with Crippen molar-refractivity contribution in [2.24, 2.45) is 10.3 Å². The second-order valence-corrected chi connectivity index (χ2v) is 4.23. The lowest BCUT2D eigenvalue weighted by Crippen LogP contribution is -2.51. The molecule has 1 fully saturated rings. The highest BCUT2D eigenvalue weighted by Gasteiger charge is 2.45. The molecule has 0 saturated carbocycles. The van der Waals surface area contributed by atoms with Crippen molar-refractivity contribution in [3.8, 4) is 0 Å². The average molecular weight is 227 g/mol. The summed E-state index contributed by atoms with van der Waals surface area (Å²) < 4.78 is 4.96. The minimum atomic E-state index is -0.519. The van der Waals surface area contributed by atoms with Gasteiger partial charge in [-0.3, -0.25) is 5.01 Å². The van der Waals surface area contributed by atoms with E-state index >= 15 is 0 Å². The summed E-state index contributed by atoms with van der Waals surface area (Å²) >= 11 is 0. The van der Waals surface area contributed by atoms with Gasteiger partial charge in [0.1, 0.15) is 0 Å². The van der Waals surface area contributed by atoms with Gasteiger partial charge in [0.15, 0.2) is 6.04 Å². The molecule has 0 radical (unpaired) electrons. The van der Waals surface area contributed by atoms with Gasteiger partial charge in [-0.2, -0.15) is 5.11 Å². The summed E-state index contributed by atoms with van der Waals surface area (Å²) in [5, 5.41) is 19.3. The largest absolute Gasteiger partial charge is 0.464 e. The number of piperidine rings is 1. The summed E-state index contributed by atoms with van der Waals surface area (Å²) in [6, 6.07) is -0.644. The van der Waals surface area contributed by atoms with Crippen LogP contribution in [-0.2, 0) is 9.53 Å². The number of carbonyl (C=O) groups is 1. The molecule has 90 valence electrons. The molecule has 0 aromatic rings. The van der Waals surface area contributed by atoms with Crippen LogP contribution in [0.25, 0.3) is 0 Å². The molecule has 2 rings (SSSR count). The van der Waals surface area contributed by atoms with Gasteiger partial charge in [0, 0.05) is 0 Å². The lowest BCUT2D eigenvalue weighted by molar-refractivity contribution is -0.146. The normalized spacial score (nSPS) is 37.3. The Morgan fingerprint density at radius 2 is 2.31 bits per heavy atom. The number of nitrogens with zero attached hydrogens (tertiary/aromatic N) is 3. The van der Waals surface area contributed by atoms with Gasteiger partial charge in [-0.1, -0.05) is 5.22 Å². The number of fused-ring (bicyclic) bond motifs is 1. The highest BCUT2D eigenvalue weighted by molar-refractivity contribution is 5.77. The Balaban J connectivity index is 2.06. The Morgan fingerprint density at radius 3 is 3.00 bits per heavy atom. The van der Waals surface area contributed by atoms with Gasteiger partial charge in [0.2, 0.25) is 0 Å². The van der Waals surface area contributed by atoms with Crippen LogP contribution < -0.4 is 0 Å². The Labute approximate surface area is 94.3 Å². The summed E-state index contributed by atoms with van der Waals surface area (Å²) in [4.78, 5) is 11.6. The Hall–Kier alpha value is -1.17. The molecule has 2 aliphatic rings. The maximum atomic E-state index is 11.6. The van der Waals surface area contributed by atoms with Crippen molar-refractivity contribution in [2.75, 3.05) is 6.61 Å². The van der Waals surface area contributed by atoms with Crippen LogP contribution >= 0.6 is 0 Å². The van der Waals surface area contributed by atoms with E-state index in [9.17, 15) is 9.90 Å². The van der Waals surface area contributed by atoms with Gasteiger partial charge in [-0.15, -0.1) is 0 Å². The van der Waals surface area contributed by atoms with Crippen molar-refractivity contribution >= 4 is 5.97 Å². The molecular formula is C10H17N3O3.